The third-order valence-electron chi connectivity index (χ3n) is 4.74. The summed E-state index contributed by atoms with van der Waals surface area (Å²) in [5.74, 6) is -1.34. The van der Waals surface area contributed by atoms with E-state index in [-0.39, 0.29) is 35.8 Å². The van der Waals surface area contributed by atoms with Gasteiger partial charge in [-0.2, -0.15) is 0 Å². The monoisotopic (exact) mass is 548 g/mol. The Bertz CT molecular complexity index is 1400. The molecule has 12 heteroatoms. The van der Waals surface area contributed by atoms with E-state index in [9.17, 15) is 18.6 Å². The van der Waals surface area contributed by atoms with Crippen LogP contribution >= 0.6 is 23.2 Å². The maximum absolute atomic E-state index is 12.9. The molecular weight excluding hydrogens is 527 g/mol. The first-order chi connectivity index (χ1) is 17.1. The summed E-state index contributed by atoms with van der Waals surface area (Å²) >= 11 is 11.9. The van der Waals surface area contributed by atoms with Gasteiger partial charge < -0.3 is 15.4 Å². The topological polar surface area (TPSA) is 127 Å². The van der Waals surface area contributed by atoms with E-state index >= 15 is 0 Å². The van der Waals surface area contributed by atoms with Crippen LogP contribution in [0.3, 0.4) is 0 Å². The first kappa shape index (κ1) is 27.1. The Morgan fingerprint density at radius 1 is 0.972 bits per heavy atom. The molecule has 0 radical (unpaired) electrons. The standard InChI is InChI=1S/C24H22Cl2N4O5S/c1-3-35-22(31)14-28-36(2,34)18-8-4-15(5-9-18)23(32)29-20-10-6-16(25)12-19(20)24(33)30-21-11-7-17(26)13-27-21/h4-13H,3,14H2,1-2H3,(H,29,32)(H,27,30,33). The van der Waals surface area contributed by atoms with Gasteiger partial charge in [0.25, 0.3) is 11.8 Å². The first-order valence-electron chi connectivity index (χ1n) is 10.6. The molecule has 1 atom stereocenters. The summed E-state index contributed by atoms with van der Waals surface area (Å²) in [5.41, 5.74) is 0.599. The van der Waals surface area contributed by atoms with Gasteiger partial charge in [-0.05, 0) is 61.5 Å². The number of esters is 1. The molecule has 0 fully saturated rings. The van der Waals surface area contributed by atoms with Crippen LogP contribution in [0.5, 0.6) is 0 Å². The zero-order valence-electron chi connectivity index (χ0n) is 19.3. The molecule has 0 aliphatic carbocycles. The fraction of sp³-hybridized carbons (Fsp3) is 0.167. The number of nitrogens with zero attached hydrogens (tertiary/aromatic N) is 2. The van der Waals surface area contributed by atoms with Crippen molar-refractivity contribution >= 4 is 62.2 Å². The van der Waals surface area contributed by atoms with Crippen molar-refractivity contribution in [3.63, 3.8) is 0 Å². The van der Waals surface area contributed by atoms with Crippen LogP contribution in [0.4, 0.5) is 11.5 Å². The molecule has 1 heterocycles. The quantitative estimate of drug-likeness (QED) is 0.385. The molecule has 3 aromatic rings. The van der Waals surface area contributed by atoms with E-state index in [0.717, 1.165) is 0 Å². The van der Waals surface area contributed by atoms with E-state index in [1.165, 1.54) is 61.0 Å². The molecule has 36 heavy (non-hydrogen) atoms. The number of ether oxygens (including phenoxy) is 1. The Hall–Kier alpha value is -3.47. The summed E-state index contributed by atoms with van der Waals surface area (Å²) in [4.78, 5) is 41.6. The second-order valence-corrected chi connectivity index (χ2v) is 10.6. The van der Waals surface area contributed by atoms with Crippen molar-refractivity contribution in [2.24, 2.45) is 4.36 Å². The van der Waals surface area contributed by atoms with E-state index < -0.39 is 27.5 Å². The van der Waals surface area contributed by atoms with Gasteiger partial charge in [0.15, 0.2) is 0 Å². The normalized spacial score (nSPS) is 12.2. The molecule has 1 aromatic heterocycles. The van der Waals surface area contributed by atoms with Crippen molar-refractivity contribution < 1.29 is 23.3 Å². The summed E-state index contributed by atoms with van der Waals surface area (Å²) in [5, 5.41) is 6.03. The molecule has 0 saturated heterocycles. The second-order valence-electron chi connectivity index (χ2n) is 7.38. The first-order valence-corrected chi connectivity index (χ1v) is 13.2. The lowest BCUT2D eigenvalue weighted by Gasteiger charge is -2.12. The molecule has 3 rings (SSSR count). The second kappa shape index (κ2) is 12.0. The number of rotatable bonds is 8. The van der Waals surface area contributed by atoms with Gasteiger partial charge in [0.1, 0.15) is 12.4 Å². The number of hydrogen-bond acceptors (Lipinski definition) is 7. The molecule has 9 nitrogen and oxygen atoms in total. The van der Waals surface area contributed by atoms with Gasteiger partial charge in [-0.3, -0.25) is 14.4 Å². The molecule has 0 aliphatic heterocycles. The van der Waals surface area contributed by atoms with Gasteiger partial charge in [0.05, 0.1) is 32.6 Å². The lowest BCUT2D eigenvalue weighted by Crippen LogP contribution is -2.19. The van der Waals surface area contributed by atoms with Gasteiger partial charge in [0.2, 0.25) is 0 Å². The summed E-state index contributed by atoms with van der Waals surface area (Å²) in [6.07, 6.45) is 2.79. The van der Waals surface area contributed by atoms with E-state index in [0.29, 0.717) is 14.9 Å². The van der Waals surface area contributed by atoms with Crippen LogP contribution in [0.1, 0.15) is 27.6 Å². The highest BCUT2D eigenvalue weighted by atomic mass is 35.5. The van der Waals surface area contributed by atoms with Crippen LogP contribution in [0.2, 0.25) is 10.0 Å². The molecule has 2 aromatic carbocycles. The maximum Gasteiger partial charge on any atom is 0.328 e. The zero-order chi connectivity index (χ0) is 26.3. The molecular formula is C24H22Cl2N4O5S. The number of anilines is 2. The highest BCUT2D eigenvalue weighted by Crippen LogP contribution is 2.23. The minimum atomic E-state index is -2.87. The number of carbonyl (C=O) groups excluding carboxylic acids is 3. The Morgan fingerprint density at radius 3 is 2.31 bits per heavy atom. The molecule has 188 valence electrons. The van der Waals surface area contributed by atoms with Gasteiger partial charge in [-0.25, -0.2) is 13.6 Å². The zero-order valence-corrected chi connectivity index (χ0v) is 21.6. The van der Waals surface area contributed by atoms with E-state index in [4.69, 9.17) is 27.9 Å². The number of halogens is 2. The molecule has 0 spiro atoms. The van der Waals surface area contributed by atoms with Crippen molar-refractivity contribution in [1.29, 1.82) is 0 Å². The van der Waals surface area contributed by atoms with Gasteiger partial charge >= 0.3 is 5.97 Å². The van der Waals surface area contributed by atoms with Crippen molar-refractivity contribution in [1.82, 2.24) is 4.98 Å². The molecule has 2 amide bonds. The van der Waals surface area contributed by atoms with E-state index in [1.807, 2.05) is 0 Å². The number of hydrogen-bond donors (Lipinski definition) is 2. The molecule has 0 saturated carbocycles. The average Bonchev–Trinajstić information content (AvgIpc) is 2.85. The Labute approximate surface area is 218 Å². The van der Waals surface area contributed by atoms with Crippen LogP contribution in [0, 0.1) is 0 Å². The SMILES string of the molecule is CCOC(=O)CN=S(C)(=O)c1ccc(C(=O)Nc2ccc(Cl)cc2C(=O)Nc2ccc(Cl)cn2)cc1. The van der Waals surface area contributed by atoms with E-state index in [1.54, 1.807) is 13.0 Å². The predicted molar refractivity (Wildman–Crippen MR) is 139 cm³/mol. The third-order valence-corrected chi connectivity index (χ3v) is 6.97. The summed E-state index contributed by atoms with van der Waals surface area (Å²) < 4.78 is 21.6. The number of aromatic nitrogens is 1. The largest absolute Gasteiger partial charge is 0.465 e. The van der Waals surface area contributed by atoms with Gasteiger partial charge in [-0.1, -0.05) is 23.2 Å². The summed E-state index contributed by atoms with van der Waals surface area (Å²) in [7, 11) is -2.87. The number of benzene rings is 2. The minimum absolute atomic E-state index is 0.124. The Morgan fingerprint density at radius 2 is 1.67 bits per heavy atom. The minimum Gasteiger partial charge on any atom is -0.465 e. The maximum atomic E-state index is 12.9. The lowest BCUT2D eigenvalue weighted by atomic mass is 10.1. The number of carbonyl (C=O) groups is 3. The lowest BCUT2D eigenvalue weighted by molar-refractivity contribution is -0.141. The fourth-order valence-corrected chi connectivity index (χ4v) is 4.38. The van der Waals surface area contributed by atoms with Crippen LogP contribution in [-0.2, 0) is 19.3 Å². The van der Waals surface area contributed by atoms with Crippen molar-refractivity contribution in [2.75, 3.05) is 30.0 Å². The van der Waals surface area contributed by atoms with Crippen molar-refractivity contribution in [2.45, 2.75) is 11.8 Å². The van der Waals surface area contributed by atoms with E-state index in [2.05, 4.69) is 20.0 Å². The van der Waals surface area contributed by atoms with Crippen LogP contribution in [0.15, 0.2) is 70.1 Å². The Balaban J connectivity index is 1.77. The number of nitrogens with one attached hydrogen (secondary N) is 2. The highest BCUT2D eigenvalue weighted by Gasteiger charge is 2.17. The van der Waals surface area contributed by atoms with Gasteiger partial charge in [-0.15, -0.1) is 0 Å². The summed E-state index contributed by atoms with van der Waals surface area (Å²) in [6.45, 7) is 1.54. The Kier molecular flexibility index (Phi) is 9.03. The molecule has 1 unspecified atom stereocenters. The summed E-state index contributed by atoms with van der Waals surface area (Å²) in [6, 6.07) is 13.5. The third kappa shape index (κ3) is 7.27. The van der Waals surface area contributed by atoms with Crippen molar-refractivity contribution in [3.8, 4) is 0 Å². The van der Waals surface area contributed by atoms with Crippen LogP contribution < -0.4 is 10.6 Å². The molecule has 2 N–H and O–H groups in total. The molecule has 0 bridgehead atoms. The molecule has 0 aliphatic rings. The fourth-order valence-electron chi connectivity index (χ4n) is 2.96. The average molecular weight is 549 g/mol. The number of amides is 2. The van der Waals surface area contributed by atoms with Gasteiger partial charge in [0, 0.05) is 27.9 Å². The smallest absolute Gasteiger partial charge is 0.328 e. The number of pyridine rings is 1. The highest BCUT2D eigenvalue weighted by molar-refractivity contribution is 7.93. The van der Waals surface area contributed by atoms with Crippen molar-refractivity contribution in [3.05, 3.63) is 82.0 Å². The van der Waals surface area contributed by atoms with Crippen LogP contribution in [0.25, 0.3) is 0 Å². The predicted octanol–water partition coefficient (Wildman–Crippen LogP) is 4.91. The van der Waals surface area contributed by atoms with Crippen LogP contribution in [-0.4, -0.2) is 46.4 Å².